The highest BCUT2D eigenvalue weighted by atomic mass is 16.2. The lowest BCUT2D eigenvalue weighted by atomic mass is 10.0. The number of nitrogens with one attached hydrogen (secondary N) is 2. The minimum absolute atomic E-state index is 0.00337. The van der Waals surface area contributed by atoms with Gasteiger partial charge in [-0.25, -0.2) is 0 Å². The second-order valence-corrected chi connectivity index (χ2v) is 7.85. The molecule has 154 valence electrons. The Bertz CT molecular complexity index is 790. The molecule has 1 saturated heterocycles. The standard InChI is InChI=1S/C24H31N3O2/c1-19-7-5-6-14-27(19)18-22-12-10-21(11-13-22)16-25-24(29)17-26-23(28)15-20-8-3-2-4-9-20/h2-4,8-13,19H,5-7,14-18H2,1H3,(H,25,29)(H,26,28). The smallest absolute Gasteiger partial charge is 0.239 e. The molecule has 0 saturated carbocycles. The first-order valence-corrected chi connectivity index (χ1v) is 10.5. The summed E-state index contributed by atoms with van der Waals surface area (Å²) in [5, 5.41) is 5.53. The SMILES string of the molecule is CC1CCCCN1Cc1ccc(CNC(=O)CNC(=O)Cc2ccccc2)cc1. The summed E-state index contributed by atoms with van der Waals surface area (Å²) in [6.45, 7) is 4.93. The van der Waals surface area contributed by atoms with Crippen molar-refractivity contribution in [2.24, 2.45) is 0 Å². The number of likely N-dealkylation sites (tertiary alicyclic amines) is 1. The van der Waals surface area contributed by atoms with Crippen LogP contribution in [0.25, 0.3) is 0 Å². The molecule has 2 amide bonds. The minimum atomic E-state index is -0.183. The fourth-order valence-corrected chi connectivity index (χ4v) is 3.68. The van der Waals surface area contributed by atoms with Gasteiger partial charge in [0.25, 0.3) is 0 Å². The van der Waals surface area contributed by atoms with Crippen molar-refractivity contribution in [2.45, 2.75) is 51.7 Å². The van der Waals surface area contributed by atoms with Gasteiger partial charge in [0.1, 0.15) is 0 Å². The predicted octanol–water partition coefficient (Wildman–Crippen LogP) is 3.04. The lowest BCUT2D eigenvalue weighted by molar-refractivity contribution is -0.125. The zero-order valence-electron chi connectivity index (χ0n) is 17.2. The number of amides is 2. The molecule has 1 unspecified atom stereocenters. The summed E-state index contributed by atoms with van der Waals surface area (Å²) < 4.78 is 0. The first-order valence-electron chi connectivity index (χ1n) is 10.5. The number of nitrogens with zero attached hydrogens (tertiary/aromatic N) is 1. The normalized spacial score (nSPS) is 16.9. The molecule has 5 heteroatoms. The first-order chi connectivity index (χ1) is 14.1. The quantitative estimate of drug-likeness (QED) is 0.725. The Morgan fingerprint density at radius 2 is 1.62 bits per heavy atom. The van der Waals surface area contributed by atoms with Gasteiger partial charge in [0.15, 0.2) is 0 Å². The molecule has 1 aliphatic heterocycles. The highest BCUT2D eigenvalue weighted by Gasteiger charge is 2.17. The Morgan fingerprint density at radius 1 is 0.897 bits per heavy atom. The number of benzene rings is 2. The Morgan fingerprint density at radius 3 is 2.34 bits per heavy atom. The summed E-state index contributed by atoms with van der Waals surface area (Å²) in [5.74, 6) is -0.333. The third kappa shape index (κ3) is 7.02. The summed E-state index contributed by atoms with van der Waals surface area (Å²) in [5.41, 5.74) is 3.30. The Labute approximate surface area is 173 Å². The summed E-state index contributed by atoms with van der Waals surface area (Å²) in [6.07, 6.45) is 4.19. The molecule has 0 radical (unpaired) electrons. The van der Waals surface area contributed by atoms with E-state index < -0.39 is 0 Å². The molecule has 1 aliphatic rings. The van der Waals surface area contributed by atoms with E-state index in [0.29, 0.717) is 12.6 Å². The van der Waals surface area contributed by atoms with Crippen LogP contribution in [0.5, 0.6) is 0 Å². The topological polar surface area (TPSA) is 61.4 Å². The van der Waals surface area contributed by atoms with Crippen LogP contribution in [0.2, 0.25) is 0 Å². The van der Waals surface area contributed by atoms with Gasteiger partial charge in [-0.15, -0.1) is 0 Å². The predicted molar refractivity (Wildman–Crippen MR) is 115 cm³/mol. The van der Waals surface area contributed by atoms with Crippen molar-refractivity contribution in [2.75, 3.05) is 13.1 Å². The molecule has 0 spiro atoms. The van der Waals surface area contributed by atoms with Crippen LogP contribution < -0.4 is 10.6 Å². The van der Waals surface area contributed by atoms with Gasteiger partial charge in [-0.2, -0.15) is 0 Å². The van der Waals surface area contributed by atoms with E-state index in [1.54, 1.807) is 0 Å². The summed E-state index contributed by atoms with van der Waals surface area (Å²) in [4.78, 5) is 26.5. The Kier molecular flexibility index (Phi) is 7.82. The molecule has 5 nitrogen and oxygen atoms in total. The average Bonchev–Trinajstić information content (AvgIpc) is 2.74. The molecule has 1 fully saturated rings. The van der Waals surface area contributed by atoms with Crippen molar-refractivity contribution in [3.8, 4) is 0 Å². The van der Waals surface area contributed by atoms with Gasteiger partial charge in [-0.1, -0.05) is 61.0 Å². The van der Waals surface area contributed by atoms with Crippen LogP contribution in [0, 0.1) is 0 Å². The molecular weight excluding hydrogens is 362 g/mol. The number of carbonyl (C=O) groups excluding carboxylic acids is 2. The number of hydrogen-bond donors (Lipinski definition) is 2. The molecular formula is C24H31N3O2. The molecule has 0 bridgehead atoms. The molecule has 0 aliphatic carbocycles. The number of carbonyl (C=O) groups is 2. The average molecular weight is 394 g/mol. The van der Waals surface area contributed by atoms with Gasteiger partial charge < -0.3 is 10.6 Å². The molecule has 0 aromatic heterocycles. The van der Waals surface area contributed by atoms with E-state index >= 15 is 0 Å². The largest absolute Gasteiger partial charge is 0.350 e. The maximum Gasteiger partial charge on any atom is 0.239 e. The maximum absolute atomic E-state index is 12.0. The molecule has 3 rings (SSSR count). The van der Waals surface area contributed by atoms with Crippen molar-refractivity contribution < 1.29 is 9.59 Å². The molecule has 29 heavy (non-hydrogen) atoms. The van der Waals surface area contributed by atoms with Crippen LogP contribution in [0.15, 0.2) is 54.6 Å². The van der Waals surface area contributed by atoms with E-state index in [4.69, 9.17) is 0 Å². The Balaban J connectivity index is 1.37. The fourth-order valence-electron chi connectivity index (χ4n) is 3.68. The third-order valence-electron chi connectivity index (χ3n) is 5.49. The van der Waals surface area contributed by atoms with E-state index in [2.05, 4.69) is 46.7 Å². The third-order valence-corrected chi connectivity index (χ3v) is 5.49. The van der Waals surface area contributed by atoms with Crippen molar-refractivity contribution in [3.63, 3.8) is 0 Å². The van der Waals surface area contributed by atoms with Gasteiger partial charge in [0.05, 0.1) is 13.0 Å². The number of piperidine rings is 1. The van der Waals surface area contributed by atoms with E-state index in [1.807, 2.05) is 30.3 Å². The maximum atomic E-state index is 12.0. The van der Waals surface area contributed by atoms with Crippen molar-refractivity contribution >= 4 is 11.8 Å². The number of hydrogen-bond acceptors (Lipinski definition) is 3. The zero-order chi connectivity index (χ0) is 20.5. The van der Waals surface area contributed by atoms with Crippen molar-refractivity contribution in [1.82, 2.24) is 15.5 Å². The molecule has 1 atom stereocenters. The summed E-state index contributed by atoms with van der Waals surface area (Å²) in [6, 6.07) is 18.6. The van der Waals surface area contributed by atoms with Crippen molar-refractivity contribution in [3.05, 3.63) is 71.3 Å². The summed E-state index contributed by atoms with van der Waals surface area (Å²) >= 11 is 0. The molecule has 2 aromatic rings. The first kappa shape index (κ1) is 21.1. The van der Waals surface area contributed by atoms with Crippen LogP contribution >= 0.6 is 0 Å². The van der Waals surface area contributed by atoms with Gasteiger partial charge in [0.2, 0.25) is 11.8 Å². The van der Waals surface area contributed by atoms with Gasteiger partial charge in [-0.05, 0) is 43.0 Å². The van der Waals surface area contributed by atoms with E-state index in [1.165, 1.54) is 31.4 Å². The van der Waals surface area contributed by atoms with Crippen LogP contribution in [0.3, 0.4) is 0 Å². The molecule has 2 N–H and O–H groups in total. The lowest BCUT2D eigenvalue weighted by Crippen LogP contribution is -2.37. The number of rotatable bonds is 8. The van der Waals surface area contributed by atoms with Gasteiger partial charge >= 0.3 is 0 Å². The minimum Gasteiger partial charge on any atom is -0.350 e. The van der Waals surface area contributed by atoms with E-state index in [9.17, 15) is 9.59 Å². The van der Waals surface area contributed by atoms with Gasteiger partial charge in [0, 0.05) is 19.1 Å². The van der Waals surface area contributed by atoms with Crippen LogP contribution in [0.1, 0.15) is 42.9 Å². The zero-order valence-corrected chi connectivity index (χ0v) is 17.2. The van der Waals surface area contributed by atoms with Gasteiger partial charge in [-0.3, -0.25) is 14.5 Å². The monoisotopic (exact) mass is 393 g/mol. The highest BCUT2D eigenvalue weighted by molar-refractivity contribution is 5.85. The van der Waals surface area contributed by atoms with Crippen LogP contribution in [0.4, 0.5) is 0 Å². The summed E-state index contributed by atoms with van der Waals surface area (Å²) in [7, 11) is 0. The van der Waals surface area contributed by atoms with Crippen molar-refractivity contribution in [1.29, 1.82) is 0 Å². The van der Waals surface area contributed by atoms with Crippen LogP contribution in [-0.2, 0) is 29.1 Å². The Hall–Kier alpha value is -2.66. The highest BCUT2D eigenvalue weighted by Crippen LogP contribution is 2.19. The fraction of sp³-hybridized carbons (Fsp3) is 0.417. The second-order valence-electron chi connectivity index (χ2n) is 7.85. The van der Waals surface area contributed by atoms with E-state index in [0.717, 1.165) is 17.7 Å². The second kappa shape index (κ2) is 10.8. The van der Waals surface area contributed by atoms with Crippen LogP contribution in [-0.4, -0.2) is 35.8 Å². The lowest BCUT2D eigenvalue weighted by Gasteiger charge is -2.33. The van der Waals surface area contributed by atoms with E-state index in [-0.39, 0.29) is 24.8 Å². The molecule has 1 heterocycles. The molecule has 2 aromatic carbocycles.